The number of nitrogens with zero attached hydrogens (tertiary/aromatic N) is 1. The summed E-state index contributed by atoms with van der Waals surface area (Å²) in [7, 11) is 1.85. The fourth-order valence-corrected chi connectivity index (χ4v) is 1.91. The van der Waals surface area contributed by atoms with Gasteiger partial charge in [0.05, 0.1) is 5.71 Å². The van der Waals surface area contributed by atoms with Gasteiger partial charge in [-0.05, 0) is 31.3 Å². The molecule has 0 aromatic rings. The minimum absolute atomic E-state index is 0.383. The summed E-state index contributed by atoms with van der Waals surface area (Å²) in [6.45, 7) is 6.75. The maximum absolute atomic E-state index is 4.22. The monoisotopic (exact) mass is 166 g/mol. The third kappa shape index (κ3) is 2.36. The molecule has 0 radical (unpaired) electrons. The van der Waals surface area contributed by atoms with E-state index in [1.807, 2.05) is 7.05 Å². The van der Waals surface area contributed by atoms with Gasteiger partial charge in [-0.25, -0.2) is 0 Å². The van der Waals surface area contributed by atoms with Crippen LogP contribution in [0.3, 0.4) is 0 Å². The van der Waals surface area contributed by atoms with E-state index >= 15 is 0 Å². The first-order chi connectivity index (χ1) is 5.53. The number of hydrazone groups is 1. The van der Waals surface area contributed by atoms with Crippen LogP contribution >= 0.6 is 0 Å². The molecule has 0 saturated heterocycles. The Morgan fingerprint density at radius 1 is 1.42 bits per heavy atom. The van der Waals surface area contributed by atoms with E-state index in [0.29, 0.717) is 5.41 Å². The highest BCUT2D eigenvalue weighted by atomic mass is 15.3. The third-order valence-electron chi connectivity index (χ3n) is 2.09. The number of nitrogens with one attached hydrogen (secondary N) is 1. The Kier molecular flexibility index (Phi) is 2.55. The molecule has 2 nitrogen and oxygen atoms in total. The summed E-state index contributed by atoms with van der Waals surface area (Å²) in [5.41, 5.74) is 5.83. The quantitative estimate of drug-likeness (QED) is 0.594. The number of hydrogen-bond donors (Lipinski definition) is 1. The minimum atomic E-state index is 0.383. The predicted octanol–water partition coefficient (Wildman–Crippen LogP) is 2.33. The normalized spacial score (nSPS) is 25.3. The topological polar surface area (TPSA) is 24.4 Å². The third-order valence-corrected chi connectivity index (χ3v) is 2.09. The van der Waals surface area contributed by atoms with Gasteiger partial charge in [-0.1, -0.05) is 19.4 Å². The lowest BCUT2D eigenvalue weighted by molar-refractivity contribution is 0.372. The van der Waals surface area contributed by atoms with Gasteiger partial charge in [0.15, 0.2) is 0 Å². The first kappa shape index (κ1) is 9.30. The molecular formula is C10H18N2. The Balaban J connectivity index is 2.81. The van der Waals surface area contributed by atoms with E-state index in [4.69, 9.17) is 0 Å². The van der Waals surface area contributed by atoms with Gasteiger partial charge in [-0.2, -0.15) is 5.10 Å². The fourth-order valence-electron chi connectivity index (χ4n) is 1.91. The Labute approximate surface area is 74.7 Å². The highest BCUT2D eigenvalue weighted by Crippen LogP contribution is 2.33. The molecule has 1 N–H and O–H groups in total. The molecule has 0 heterocycles. The zero-order valence-corrected chi connectivity index (χ0v) is 8.44. The second kappa shape index (κ2) is 3.30. The van der Waals surface area contributed by atoms with Crippen LogP contribution in [0.2, 0.25) is 0 Å². The lowest BCUT2D eigenvalue weighted by Gasteiger charge is -2.29. The molecule has 0 aromatic heterocycles. The maximum atomic E-state index is 4.22. The SMILES string of the molecule is CN/N=C1\C=C(C)CC(C)(C)C1. The minimum Gasteiger partial charge on any atom is -0.313 e. The van der Waals surface area contributed by atoms with Crippen LogP contribution in [-0.2, 0) is 0 Å². The molecule has 68 valence electrons. The van der Waals surface area contributed by atoms with Crippen LogP contribution in [-0.4, -0.2) is 12.8 Å². The molecule has 12 heavy (non-hydrogen) atoms. The average Bonchev–Trinajstić information content (AvgIpc) is 1.82. The molecule has 2 heteroatoms. The van der Waals surface area contributed by atoms with Gasteiger partial charge in [0.1, 0.15) is 0 Å². The Morgan fingerprint density at radius 2 is 2.08 bits per heavy atom. The van der Waals surface area contributed by atoms with Crippen molar-refractivity contribution in [1.29, 1.82) is 0 Å². The van der Waals surface area contributed by atoms with Crippen LogP contribution in [0, 0.1) is 5.41 Å². The summed E-state index contributed by atoms with van der Waals surface area (Å²) >= 11 is 0. The van der Waals surface area contributed by atoms with Gasteiger partial charge in [0.25, 0.3) is 0 Å². The highest BCUT2D eigenvalue weighted by molar-refractivity contribution is 5.96. The zero-order valence-electron chi connectivity index (χ0n) is 8.44. The van der Waals surface area contributed by atoms with Gasteiger partial charge >= 0.3 is 0 Å². The highest BCUT2D eigenvalue weighted by Gasteiger charge is 2.24. The zero-order chi connectivity index (χ0) is 9.19. The molecule has 0 spiro atoms. The summed E-state index contributed by atoms with van der Waals surface area (Å²) in [5, 5.41) is 4.22. The van der Waals surface area contributed by atoms with Crippen LogP contribution in [0.25, 0.3) is 0 Å². The van der Waals surface area contributed by atoms with Crippen LogP contribution in [0.5, 0.6) is 0 Å². The standard InChI is InChI=1S/C10H18N2/c1-8-5-9(12-11-4)7-10(2,3)6-8/h5,11H,6-7H2,1-4H3/b12-9+. The van der Waals surface area contributed by atoms with E-state index in [-0.39, 0.29) is 0 Å². The van der Waals surface area contributed by atoms with Crippen LogP contribution in [0.4, 0.5) is 0 Å². The summed E-state index contributed by atoms with van der Waals surface area (Å²) < 4.78 is 0. The van der Waals surface area contributed by atoms with Gasteiger partial charge < -0.3 is 5.43 Å². The predicted molar refractivity (Wildman–Crippen MR) is 53.3 cm³/mol. The Hall–Kier alpha value is -0.790. The molecule has 0 fully saturated rings. The summed E-state index contributed by atoms with van der Waals surface area (Å²) in [5.74, 6) is 0. The molecule has 1 aliphatic carbocycles. The number of hydrogen-bond acceptors (Lipinski definition) is 2. The smallest absolute Gasteiger partial charge is 0.0607 e. The van der Waals surface area contributed by atoms with Crippen molar-refractivity contribution in [1.82, 2.24) is 5.43 Å². The lowest BCUT2D eigenvalue weighted by atomic mass is 9.77. The average molecular weight is 166 g/mol. The van der Waals surface area contributed by atoms with E-state index in [1.54, 1.807) is 0 Å². The molecule has 1 rings (SSSR count). The molecule has 0 saturated carbocycles. The molecule has 0 aliphatic heterocycles. The van der Waals surface area contributed by atoms with Crippen LogP contribution in [0.15, 0.2) is 16.8 Å². The maximum Gasteiger partial charge on any atom is 0.0607 e. The van der Waals surface area contributed by atoms with E-state index in [9.17, 15) is 0 Å². The summed E-state index contributed by atoms with van der Waals surface area (Å²) in [4.78, 5) is 0. The van der Waals surface area contributed by atoms with E-state index in [0.717, 1.165) is 6.42 Å². The number of allylic oxidation sites excluding steroid dienone is 2. The van der Waals surface area contributed by atoms with Gasteiger partial charge in [0, 0.05) is 7.05 Å². The summed E-state index contributed by atoms with van der Waals surface area (Å²) in [6.07, 6.45) is 4.45. The van der Waals surface area contributed by atoms with Crippen molar-refractivity contribution >= 4 is 5.71 Å². The molecule has 1 aliphatic rings. The van der Waals surface area contributed by atoms with Crippen molar-refractivity contribution in [3.63, 3.8) is 0 Å². The largest absolute Gasteiger partial charge is 0.313 e. The Morgan fingerprint density at radius 3 is 2.58 bits per heavy atom. The molecular weight excluding hydrogens is 148 g/mol. The van der Waals surface area contributed by atoms with Crippen LogP contribution in [0.1, 0.15) is 33.6 Å². The van der Waals surface area contributed by atoms with E-state index in [2.05, 4.69) is 37.4 Å². The molecule has 0 amide bonds. The fraction of sp³-hybridized carbons (Fsp3) is 0.700. The molecule has 0 unspecified atom stereocenters. The van der Waals surface area contributed by atoms with E-state index in [1.165, 1.54) is 17.7 Å². The first-order valence-electron chi connectivity index (χ1n) is 4.44. The Bertz CT molecular complexity index is 224. The van der Waals surface area contributed by atoms with Gasteiger partial charge in [-0.3, -0.25) is 0 Å². The van der Waals surface area contributed by atoms with Crippen molar-refractivity contribution in [3.05, 3.63) is 11.6 Å². The van der Waals surface area contributed by atoms with Gasteiger partial charge in [0.2, 0.25) is 0 Å². The molecule has 0 atom stereocenters. The molecule has 0 bridgehead atoms. The first-order valence-corrected chi connectivity index (χ1v) is 4.44. The van der Waals surface area contributed by atoms with Crippen molar-refractivity contribution in [3.8, 4) is 0 Å². The van der Waals surface area contributed by atoms with Crippen LogP contribution < -0.4 is 5.43 Å². The van der Waals surface area contributed by atoms with E-state index < -0.39 is 0 Å². The summed E-state index contributed by atoms with van der Waals surface area (Å²) in [6, 6.07) is 0. The van der Waals surface area contributed by atoms with Crippen molar-refractivity contribution < 1.29 is 0 Å². The van der Waals surface area contributed by atoms with Crippen molar-refractivity contribution in [2.24, 2.45) is 10.5 Å². The van der Waals surface area contributed by atoms with Crippen molar-refractivity contribution in [2.45, 2.75) is 33.6 Å². The number of rotatable bonds is 1. The lowest BCUT2D eigenvalue weighted by Crippen LogP contribution is -2.22. The second-order valence-electron chi connectivity index (χ2n) is 4.34. The second-order valence-corrected chi connectivity index (χ2v) is 4.34. The van der Waals surface area contributed by atoms with Gasteiger partial charge in [-0.15, -0.1) is 0 Å². The molecule has 0 aromatic carbocycles. The van der Waals surface area contributed by atoms with Crippen molar-refractivity contribution in [2.75, 3.05) is 7.05 Å².